The molecular formula is C11H16N2O3. The standard InChI is InChI=1S/C9H10N2O2.C2H6O/c1-13-11-5-6-3-2-4-7(10)8(6)9(11)12;1-2-3/h2-4H,5,10H2,1H3;3H,2H2,1H3. The van der Waals surface area contributed by atoms with Crippen molar-refractivity contribution in [2.45, 2.75) is 13.5 Å². The van der Waals surface area contributed by atoms with Gasteiger partial charge in [0.05, 0.1) is 19.2 Å². The quantitative estimate of drug-likeness (QED) is 0.691. The van der Waals surface area contributed by atoms with Gasteiger partial charge in [-0.15, -0.1) is 0 Å². The molecule has 0 spiro atoms. The van der Waals surface area contributed by atoms with Crippen molar-refractivity contribution in [2.75, 3.05) is 19.5 Å². The van der Waals surface area contributed by atoms with E-state index < -0.39 is 0 Å². The molecule has 0 bridgehead atoms. The fraction of sp³-hybridized carbons (Fsp3) is 0.364. The third-order valence-electron chi connectivity index (χ3n) is 2.16. The first-order valence-corrected chi connectivity index (χ1v) is 4.99. The maximum Gasteiger partial charge on any atom is 0.280 e. The number of nitrogen functional groups attached to an aromatic ring is 1. The highest BCUT2D eigenvalue weighted by atomic mass is 16.7. The third kappa shape index (κ3) is 2.32. The van der Waals surface area contributed by atoms with Crippen molar-refractivity contribution in [2.24, 2.45) is 0 Å². The summed E-state index contributed by atoms with van der Waals surface area (Å²) in [6.07, 6.45) is 0. The average molecular weight is 224 g/mol. The number of hydrogen-bond donors (Lipinski definition) is 2. The van der Waals surface area contributed by atoms with Gasteiger partial charge >= 0.3 is 0 Å². The van der Waals surface area contributed by atoms with Gasteiger partial charge in [0, 0.05) is 12.3 Å². The molecule has 0 aromatic heterocycles. The predicted octanol–water partition coefficient (Wildman–Crippen LogP) is 0.785. The summed E-state index contributed by atoms with van der Waals surface area (Å²) in [5, 5.41) is 8.86. The number of nitrogens with two attached hydrogens (primary N) is 1. The van der Waals surface area contributed by atoms with Crippen molar-refractivity contribution in [1.29, 1.82) is 0 Å². The lowest BCUT2D eigenvalue weighted by Crippen LogP contribution is -2.22. The number of benzene rings is 1. The van der Waals surface area contributed by atoms with Crippen molar-refractivity contribution in [3.05, 3.63) is 29.3 Å². The Morgan fingerprint density at radius 1 is 1.56 bits per heavy atom. The van der Waals surface area contributed by atoms with E-state index in [4.69, 9.17) is 15.7 Å². The summed E-state index contributed by atoms with van der Waals surface area (Å²) in [5.41, 5.74) is 7.69. The van der Waals surface area contributed by atoms with E-state index in [1.54, 1.807) is 13.0 Å². The highest BCUT2D eigenvalue weighted by Crippen LogP contribution is 2.26. The first-order chi connectivity index (χ1) is 7.65. The van der Waals surface area contributed by atoms with Crippen LogP contribution in [-0.2, 0) is 11.4 Å². The van der Waals surface area contributed by atoms with Crippen molar-refractivity contribution in [1.82, 2.24) is 5.06 Å². The minimum atomic E-state index is -0.157. The van der Waals surface area contributed by atoms with E-state index in [9.17, 15) is 4.79 Å². The average Bonchev–Trinajstić information content (AvgIpc) is 2.58. The van der Waals surface area contributed by atoms with E-state index in [1.165, 1.54) is 12.2 Å². The second-order valence-electron chi connectivity index (χ2n) is 3.22. The number of aliphatic hydroxyl groups is 1. The minimum absolute atomic E-state index is 0.157. The fourth-order valence-electron chi connectivity index (χ4n) is 1.51. The Morgan fingerprint density at radius 2 is 2.19 bits per heavy atom. The lowest BCUT2D eigenvalue weighted by molar-refractivity contribution is -0.0956. The smallest absolute Gasteiger partial charge is 0.280 e. The van der Waals surface area contributed by atoms with Crippen molar-refractivity contribution >= 4 is 11.6 Å². The molecule has 1 heterocycles. The number of aliphatic hydroxyl groups excluding tert-OH is 1. The lowest BCUT2D eigenvalue weighted by Gasteiger charge is -2.10. The first-order valence-electron chi connectivity index (χ1n) is 4.99. The molecule has 0 atom stereocenters. The van der Waals surface area contributed by atoms with Crippen LogP contribution in [0.3, 0.4) is 0 Å². The number of fused-ring (bicyclic) bond motifs is 1. The van der Waals surface area contributed by atoms with Crippen LogP contribution in [0.15, 0.2) is 18.2 Å². The largest absolute Gasteiger partial charge is 0.398 e. The normalized spacial score (nSPS) is 13.2. The second-order valence-corrected chi connectivity index (χ2v) is 3.22. The molecule has 0 aliphatic carbocycles. The Kier molecular flexibility index (Phi) is 4.28. The molecular weight excluding hydrogens is 208 g/mol. The summed E-state index contributed by atoms with van der Waals surface area (Å²) in [6, 6.07) is 5.43. The molecule has 1 aromatic carbocycles. The van der Waals surface area contributed by atoms with Gasteiger partial charge in [0.2, 0.25) is 0 Å². The summed E-state index contributed by atoms with van der Waals surface area (Å²) >= 11 is 0. The van der Waals surface area contributed by atoms with E-state index in [2.05, 4.69) is 0 Å². The molecule has 0 saturated heterocycles. The summed E-state index contributed by atoms with van der Waals surface area (Å²) in [4.78, 5) is 16.5. The maximum atomic E-state index is 11.6. The maximum absolute atomic E-state index is 11.6. The van der Waals surface area contributed by atoms with Crippen LogP contribution in [0.5, 0.6) is 0 Å². The Labute approximate surface area is 94.4 Å². The molecule has 5 nitrogen and oxygen atoms in total. The highest BCUT2D eigenvalue weighted by Gasteiger charge is 2.29. The van der Waals surface area contributed by atoms with E-state index in [1.807, 2.05) is 12.1 Å². The van der Waals surface area contributed by atoms with Gasteiger partial charge in [-0.2, -0.15) is 0 Å². The molecule has 2 rings (SSSR count). The molecule has 1 aliphatic heterocycles. The molecule has 0 saturated carbocycles. The van der Waals surface area contributed by atoms with Crippen LogP contribution in [0.4, 0.5) is 5.69 Å². The molecule has 0 fully saturated rings. The molecule has 1 aromatic rings. The lowest BCUT2D eigenvalue weighted by atomic mass is 10.1. The number of rotatable bonds is 1. The van der Waals surface area contributed by atoms with Crippen LogP contribution in [0.2, 0.25) is 0 Å². The fourth-order valence-corrected chi connectivity index (χ4v) is 1.51. The van der Waals surface area contributed by atoms with Crippen LogP contribution in [0, 0.1) is 0 Å². The van der Waals surface area contributed by atoms with Crippen molar-refractivity contribution in [3.63, 3.8) is 0 Å². The van der Waals surface area contributed by atoms with E-state index in [-0.39, 0.29) is 12.5 Å². The molecule has 1 amide bonds. The van der Waals surface area contributed by atoms with Gasteiger partial charge in [-0.05, 0) is 18.6 Å². The molecule has 16 heavy (non-hydrogen) atoms. The molecule has 5 heteroatoms. The zero-order valence-electron chi connectivity index (χ0n) is 9.43. The minimum Gasteiger partial charge on any atom is -0.398 e. The number of amides is 1. The Balaban J connectivity index is 0.000000386. The van der Waals surface area contributed by atoms with Crippen molar-refractivity contribution in [3.8, 4) is 0 Å². The SMILES string of the molecule is CCO.CON1Cc2cccc(N)c2C1=O. The van der Waals surface area contributed by atoms with Crippen molar-refractivity contribution < 1.29 is 14.7 Å². The monoisotopic (exact) mass is 224 g/mol. The number of hydroxylamine groups is 2. The summed E-state index contributed by atoms with van der Waals surface area (Å²) in [5.74, 6) is -0.157. The molecule has 0 radical (unpaired) electrons. The van der Waals surface area contributed by atoms with Gasteiger partial charge in [-0.25, -0.2) is 5.06 Å². The van der Waals surface area contributed by atoms with Crippen LogP contribution in [0.1, 0.15) is 22.8 Å². The van der Waals surface area contributed by atoms with E-state index in [0.29, 0.717) is 17.8 Å². The van der Waals surface area contributed by atoms with E-state index in [0.717, 1.165) is 5.56 Å². The van der Waals surface area contributed by atoms with Crippen LogP contribution < -0.4 is 5.73 Å². The number of carbonyl (C=O) groups excluding carboxylic acids is 1. The van der Waals surface area contributed by atoms with E-state index >= 15 is 0 Å². The summed E-state index contributed by atoms with van der Waals surface area (Å²) < 4.78 is 0. The molecule has 88 valence electrons. The third-order valence-corrected chi connectivity index (χ3v) is 2.16. The Morgan fingerprint density at radius 3 is 2.69 bits per heavy atom. The molecule has 0 unspecified atom stereocenters. The van der Waals surface area contributed by atoms with Gasteiger partial charge in [-0.3, -0.25) is 9.63 Å². The Hall–Kier alpha value is -1.59. The zero-order valence-corrected chi connectivity index (χ0v) is 9.43. The molecule has 3 N–H and O–H groups in total. The zero-order chi connectivity index (χ0) is 12.1. The topological polar surface area (TPSA) is 75.8 Å². The Bertz CT molecular complexity index is 379. The number of anilines is 1. The highest BCUT2D eigenvalue weighted by molar-refractivity contribution is 6.02. The first kappa shape index (κ1) is 12.5. The summed E-state index contributed by atoms with van der Waals surface area (Å²) in [7, 11) is 1.47. The number of nitrogens with zero attached hydrogens (tertiary/aromatic N) is 1. The second kappa shape index (κ2) is 5.48. The predicted molar refractivity (Wildman–Crippen MR) is 60.5 cm³/mol. The van der Waals surface area contributed by atoms with Gasteiger partial charge in [0.15, 0.2) is 0 Å². The van der Waals surface area contributed by atoms with Gasteiger partial charge in [0.1, 0.15) is 0 Å². The van der Waals surface area contributed by atoms with Gasteiger partial charge < -0.3 is 10.8 Å². The van der Waals surface area contributed by atoms with Gasteiger partial charge in [0.25, 0.3) is 5.91 Å². The summed E-state index contributed by atoms with van der Waals surface area (Å²) in [6.45, 7) is 2.41. The molecule has 1 aliphatic rings. The van der Waals surface area contributed by atoms with Crippen LogP contribution >= 0.6 is 0 Å². The number of carbonyl (C=O) groups is 1. The van der Waals surface area contributed by atoms with Gasteiger partial charge in [-0.1, -0.05) is 12.1 Å². The van der Waals surface area contributed by atoms with Crippen LogP contribution in [0.25, 0.3) is 0 Å². The van der Waals surface area contributed by atoms with Crippen LogP contribution in [-0.4, -0.2) is 29.8 Å². The number of hydrogen-bond acceptors (Lipinski definition) is 4.